The van der Waals surface area contributed by atoms with Gasteiger partial charge in [-0.05, 0) is 62.7 Å². The molecule has 0 aliphatic carbocycles. The van der Waals surface area contributed by atoms with Crippen molar-refractivity contribution in [3.63, 3.8) is 0 Å². The highest BCUT2D eigenvalue weighted by Gasteiger charge is 2.25. The Morgan fingerprint density at radius 1 is 1.20 bits per heavy atom. The predicted molar refractivity (Wildman–Crippen MR) is 130 cm³/mol. The molecule has 7 nitrogen and oxygen atoms in total. The summed E-state index contributed by atoms with van der Waals surface area (Å²) < 4.78 is 5.70. The predicted octanol–water partition coefficient (Wildman–Crippen LogP) is 3.15. The first-order chi connectivity index (χ1) is 14.2. The van der Waals surface area contributed by atoms with Crippen LogP contribution in [0, 0.1) is 0 Å². The molecule has 3 N–H and O–H groups in total. The zero-order valence-corrected chi connectivity index (χ0v) is 20.0. The summed E-state index contributed by atoms with van der Waals surface area (Å²) in [5, 5.41) is 9.42. The molecule has 1 saturated heterocycles. The van der Waals surface area contributed by atoms with Gasteiger partial charge in [-0.1, -0.05) is 12.1 Å². The van der Waals surface area contributed by atoms with E-state index in [0.717, 1.165) is 43.5 Å². The van der Waals surface area contributed by atoms with Gasteiger partial charge in [-0.2, -0.15) is 0 Å². The second-order valence-electron chi connectivity index (χ2n) is 7.13. The Labute approximate surface area is 195 Å². The fourth-order valence-corrected chi connectivity index (χ4v) is 3.60. The van der Waals surface area contributed by atoms with Crippen molar-refractivity contribution < 1.29 is 9.21 Å². The lowest BCUT2D eigenvalue weighted by Gasteiger charge is -2.26. The Hall–Kier alpha value is -2.07. The number of furan rings is 1. The van der Waals surface area contributed by atoms with E-state index in [2.05, 4.69) is 20.9 Å². The van der Waals surface area contributed by atoms with Crippen LogP contribution in [0.15, 0.2) is 52.1 Å². The highest BCUT2D eigenvalue weighted by Crippen LogP contribution is 2.24. The molecule has 2 heterocycles. The number of nitrogens with zero attached hydrogens (tertiary/aromatic N) is 2. The highest BCUT2D eigenvalue weighted by atomic mass is 127. The lowest BCUT2D eigenvalue weighted by atomic mass is 10.1. The van der Waals surface area contributed by atoms with Crippen molar-refractivity contribution in [3.8, 4) is 0 Å². The van der Waals surface area contributed by atoms with E-state index in [1.807, 2.05) is 37.3 Å². The van der Waals surface area contributed by atoms with Gasteiger partial charge in [-0.3, -0.25) is 9.69 Å². The molecule has 8 heteroatoms. The number of halogens is 1. The molecular weight excluding hydrogens is 493 g/mol. The van der Waals surface area contributed by atoms with Gasteiger partial charge >= 0.3 is 0 Å². The Bertz CT molecular complexity index is 804. The van der Waals surface area contributed by atoms with Crippen LogP contribution in [-0.2, 0) is 6.54 Å². The van der Waals surface area contributed by atoms with E-state index in [1.165, 1.54) is 12.8 Å². The minimum atomic E-state index is -0.0900. The topological polar surface area (TPSA) is 81.9 Å². The molecule has 1 atom stereocenters. The van der Waals surface area contributed by atoms with Crippen molar-refractivity contribution in [2.45, 2.75) is 32.4 Å². The third-order valence-electron chi connectivity index (χ3n) is 5.10. The molecule has 0 saturated carbocycles. The summed E-state index contributed by atoms with van der Waals surface area (Å²) in [5.74, 6) is 1.65. The van der Waals surface area contributed by atoms with Crippen molar-refractivity contribution in [3.05, 3.63) is 59.5 Å². The maximum Gasteiger partial charge on any atom is 0.251 e. The Morgan fingerprint density at radius 3 is 2.67 bits per heavy atom. The van der Waals surface area contributed by atoms with Gasteiger partial charge in [0.05, 0.1) is 18.8 Å². The van der Waals surface area contributed by atoms with Crippen LogP contribution in [0.2, 0.25) is 0 Å². The minimum absolute atomic E-state index is 0. The van der Waals surface area contributed by atoms with Crippen molar-refractivity contribution in [2.24, 2.45) is 4.99 Å². The van der Waals surface area contributed by atoms with Crippen molar-refractivity contribution in [1.82, 2.24) is 20.9 Å². The Balaban J connectivity index is 0.00000320. The summed E-state index contributed by atoms with van der Waals surface area (Å²) in [4.78, 5) is 19.0. The molecule has 1 aromatic heterocycles. The summed E-state index contributed by atoms with van der Waals surface area (Å²) in [6.07, 6.45) is 4.19. The van der Waals surface area contributed by atoms with Gasteiger partial charge in [0.15, 0.2) is 5.96 Å². The Kier molecular flexibility index (Phi) is 10.2. The first-order valence-electron chi connectivity index (χ1n) is 10.3. The molecule has 0 radical (unpaired) electrons. The second kappa shape index (κ2) is 12.6. The lowest BCUT2D eigenvalue weighted by Crippen LogP contribution is -2.42. The van der Waals surface area contributed by atoms with E-state index >= 15 is 0 Å². The highest BCUT2D eigenvalue weighted by molar-refractivity contribution is 14.0. The van der Waals surface area contributed by atoms with Gasteiger partial charge < -0.3 is 20.4 Å². The smallest absolute Gasteiger partial charge is 0.251 e. The second-order valence-corrected chi connectivity index (χ2v) is 7.13. The summed E-state index contributed by atoms with van der Waals surface area (Å²) in [6, 6.07) is 11.7. The third kappa shape index (κ3) is 6.73. The number of carbonyl (C=O) groups excluding carboxylic acids is 1. The number of carbonyl (C=O) groups is 1. The molecule has 0 bridgehead atoms. The number of rotatable bonds is 8. The van der Waals surface area contributed by atoms with E-state index in [4.69, 9.17) is 9.41 Å². The van der Waals surface area contributed by atoms with Gasteiger partial charge in [-0.15, -0.1) is 24.0 Å². The maximum absolute atomic E-state index is 11.8. The maximum atomic E-state index is 11.8. The molecule has 30 heavy (non-hydrogen) atoms. The molecule has 164 valence electrons. The third-order valence-corrected chi connectivity index (χ3v) is 5.10. The summed E-state index contributed by atoms with van der Waals surface area (Å²) in [7, 11) is 1.64. The monoisotopic (exact) mass is 525 g/mol. The van der Waals surface area contributed by atoms with Crippen LogP contribution < -0.4 is 16.0 Å². The number of hydrogen-bond donors (Lipinski definition) is 3. The zero-order valence-electron chi connectivity index (χ0n) is 17.7. The van der Waals surface area contributed by atoms with Gasteiger partial charge in [-0.25, -0.2) is 4.99 Å². The first-order valence-corrected chi connectivity index (χ1v) is 10.3. The molecule has 1 fully saturated rings. The number of likely N-dealkylation sites (tertiary alicyclic amines) is 1. The molecule has 1 amide bonds. The van der Waals surface area contributed by atoms with E-state index in [9.17, 15) is 4.79 Å². The average Bonchev–Trinajstić information content (AvgIpc) is 3.46. The average molecular weight is 525 g/mol. The van der Waals surface area contributed by atoms with Crippen LogP contribution >= 0.6 is 24.0 Å². The van der Waals surface area contributed by atoms with Crippen molar-refractivity contribution in [1.29, 1.82) is 0 Å². The molecule has 2 aromatic rings. The number of benzene rings is 1. The summed E-state index contributed by atoms with van der Waals surface area (Å²) in [5.41, 5.74) is 1.63. The SMILES string of the molecule is CCNC(=NCc1cccc(C(=O)NC)c1)NCC(c1ccco1)N1CCCC1.I. The standard InChI is InChI=1S/C22H31N5O2.HI/c1-3-24-22(25-15-17-8-6-9-18(14-17)21(28)23-2)26-16-19(20-10-7-13-29-20)27-11-4-5-12-27;/h6-10,13-14,19H,3-5,11-12,15-16H2,1-2H3,(H,23,28)(H2,24,25,26);1H. The number of hydrogen-bond acceptors (Lipinski definition) is 4. The zero-order chi connectivity index (χ0) is 20.5. The van der Waals surface area contributed by atoms with E-state index < -0.39 is 0 Å². The van der Waals surface area contributed by atoms with Gasteiger partial charge in [0.25, 0.3) is 5.91 Å². The normalized spacial score (nSPS) is 15.3. The van der Waals surface area contributed by atoms with Crippen molar-refractivity contribution in [2.75, 3.05) is 33.2 Å². The number of amides is 1. The van der Waals surface area contributed by atoms with Crippen molar-refractivity contribution >= 4 is 35.8 Å². The van der Waals surface area contributed by atoms with Crippen LogP contribution in [0.1, 0.15) is 47.5 Å². The number of aliphatic imine (C=N–C) groups is 1. The fraction of sp³-hybridized carbons (Fsp3) is 0.455. The van der Waals surface area contributed by atoms with Crippen LogP contribution in [-0.4, -0.2) is 50.0 Å². The van der Waals surface area contributed by atoms with Gasteiger partial charge in [0, 0.05) is 25.7 Å². The summed E-state index contributed by atoms with van der Waals surface area (Å²) >= 11 is 0. The van der Waals surface area contributed by atoms with E-state index in [1.54, 1.807) is 19.4 Å². The van der Waals surface area contributed by atoms with E-state index in [0.29, 0.717) is 12.1 Å². The summed E-state index contributed by atoms with van der Waals surface area (Å²) in [6.45, 7) is 6.22. The molecule has 3 rings (SSSR count). The number of guanidine groups is 1. The largest absolute Gasteiger partial charge is 0.468 e. The van der Waals surface area contributed by atoms with Crippen LogP contribution in [0.5, 0.6) is 0 Å². The first kappa shape index (κ1) is 24.2. The Morgan fingerprint density at radius 2 is 2.00 bits per heavy atom. The molecule has 1 unspecified atom stereocenters. The van der Waals surface area contributed by atoms with Gasteiger partial charge in [0.2, 0.25) is 0 Å². The van der Waals surface area contributed by atoms with Gasteiger partial charge in [0.1, 0.15) is 5.76 Å². The molecule has 0 spiro atoms. The molecule has 1 aliphatic rings. The van der Waals surface area contributed by atoms with Crippen LogP contribution in [0.4, 0.5) is 0 Å². The molecular formula is C22H32IN5O2. The number of nitrogens with one attached hydrogen (secondary N) is 3. The van der Waals surface area contributed by atoms with Crippen LogP contribution in [0.25, 0.3) is 0 Å². The molecule has 1 aromatic carbocycles. The van der Waals surface area contributed by atoms with Crippen LogP contribution in [0.3, 0.4) is 0 Å². The minimum Gasteiger partial charge on any atom is -0.468 e. The quantitative estimate of drug-likeness (QED) is 0.280. The molecule has 1 aliphatic heterocycles. The fourth-order valence-electron chi connectivity index (χ4n) is 3.60. The lowest BCUT2D eigenvalue weighted by molar-refractivity contribution is 0.0963. The van der Waals surface area contributed by atoms with E-state index in [-0.39, 0.29) is 35.9 Å².